The second kappa shape index (κ2) is 8.00. The molecule has 1 aromatic heterocycles. The van der Waals surface area contributed by atoms with Gasteiger partial charge in [-0.05, 0) is 62.3 Å². The van der Waals surface area contributed by atoms with Gasteiger partial charge in [-0.25, -0.2) is 4.98 Å². The van der Waals surface area contributed by atoms with Gasteiger partial charge in [-0.15, -0.1) is 12.4 Å². The summed E-state index contributed by atoms with van der Waals surface area (Å²) >= 11 is 6.14. The Labute approximate surface area is 149 Å². The van der Waals surface area contributed by atoms with E-state index in [4.69, 9.17) is 11.6 Å². The molecule has 124 valence electrons. The lowest BCUT2D eigenvalue weighted by atomic mass is 10.1. The zero-order valence-electron chi connectivity index (χ0n) is 13.6. The van der Waals surface area contributed by atoms with Crippen molar-refractivity contribution in [2.45, 2.75) is 18.9 Å². The highest BCUT2D eigenvalue weighted by atomic mass is 35.5. The lowest BCUT2D eigenvalue weighted by Crippen LogP contribution is -2.34. The molecule has 0 spiro atoms. The molecule has 1 heterocycles. The normalized spacial score (nSPS) is 16.1. The number of benzene rings is 1. The van der Waals surface area contributed by atoms with E-state index in [0.717, 1.165) is 36.8 Å². The lowest BCUT2D eigenvalue weighted by Gasteiger charge is -2.32. The van der Waals surface area contributed by atoms with Crippen LogP contribution in [0.25, 0.3) is 0 Å². The van der Waals surface area contributed by atoms with Gasteiger partial charge in [0.15, 0.2) is 0 Å². The van der Waals surface area contributed by atoms with Crippen molar-refractivity contribution in [2.24, 2.45) is 0 Å². The number of likely N-dealkylation sites (N-methyl/N-ethyl adjacent to an activating group) is 1. The predicted octanol–water partition coefficient (Wildman–Crippen LogP) is 4.21. The van der Waals surface area contributed by atoms with Gasteiger partial charge >= 0.3 is 0 Å². The van der Waals surface area contributed by atoms with Gasteiger partial charge in [-0.1, -0.05) is 23.7 Å². The molecule has 0 N–H and O–H groups in total. The fourth-order valence-electron chi connectivity index (χ4n) is 3.15. The Hall–Kier alpha value is -1.29. The van der Waals surface area contributed by atoms with E-state index in [1.165, 1.54) is 11.1 Å². The molecule has 2 aromatic rings. The van der Waals surface area contributed by atoms with E-state index < -0.39 is 0 Å². The Kier molecular flexibility index (Phi) is 6.28. The molecule has 0 amide bonds. The number of nitrogens with zero attached hydrogens (tertiary/aromatic N) is 3. The number of anilines is 1. The molecule has 3 rings (SSSR count). The van der Waals surface area contributed by atoms with Crippen molar-refractivity contribution in [3.8, 4) is 0 Å². The zero-order valence-corrected chi connectivity index (χ0v) is 15.1. The summed E-state index contributed by atoms with van der Waals surface area (Å²) in [7, 11) is 4.22. The molecule has 0 bridgehead atoms. The fourth-order valence-corrected chi connectivity index (χ4v) is 3.34. The quantitative estimate of drug-likeness (QED) is 0.804. The Morgan fingerprint density at radius 2 is 2.00 bits per heavy atom. The van der Waals surface area contributed by atoms with E-state index in [9.17, 15) is 0 Å². The van der Waals surface area contributed by atoms with Gasteiger partial charge < -0.3 is 9.80 Å². The molecule has 1 aromatic carbocycles. The molecule has 23 heavy (non-hydrogen) atoms. The average molecular weight is 352 g/mol. The lowest BCUT2D eigenvalue weighted by molar-refractivity contribution is 0.403. The summed E-state index contributed by atoms with van der Waals surface area (Å²) in [5, 5.41) is 0.831. The summed E-state index contributed by atoms with van der Waals surface area (Å²) in [6.45, 7) is 1.98. The van der Waals surface area contributed by atoms with Crippen LogP contribution >= 0.6 is 24.0 Å². The summed E-state index contributed by atoms with van der Waals surface area (Å²) in [5.41, 5.74) is 2.78. The third-order valence-electron chi connectivity index (χ3n) is 4.26. The Bertz CT molecular complexity index is 631. The first-order valence-corrected chi connectivity index (χ1v) is 8.13. The van der Waals surface area contributed by atoms with Gasteiger partial charge in [0.25, 0.3) is 0 Å². The first-order valence-electron chi connectivity index (χ1n) is 7.76. The minimum absolute atomic E-state index is 0. The van der Waals surface area contributed by atoms with E-state index in [0.29, 0.717) is 6.04 Å². The highest BCUT2D eigenvalue weighted by Crippen LogP contribution is 2.38. The number of hydrogen-bond acceptors (Lipinski definition) is 3. The first-order chi connectivity index (χ1) is 10.6. The van der Waals surface area contributed by atoms with E-state index in [1.807, 2.05) is 18.3 Å². The number of halogens is 2. The van der Waals surface area contributed by atoms with Crippen molar-refractivity contribution in [3.63, 3.8) is 0 Å². The molecule has 0 radical (unpaired) electrons. The van der Waals surface area contributed by atoms with Crippen molar-refractivity contribution in [3.05, 3.63) is 58.7 Å². The van der Waals surface area contributed by atoms with Crippen LogP contribution in [0.15, 0.2) is 42.6 Å². The molecular formula is C18H23Cl2N3. The largest absolute Gasteiger partial charge is 0.348 e. The number of hydrogen-bond donors (Lipinski definition) is 0. The Balaban J connectivity index is 0.00000192. The third-order valence-corrected chi connectivity index (χ3v) is 4.49. The Morgan fingerprint density at radius 3 is 2.70 bits per heavy atom. The molecular weight excluding hydrogens is 329 g/mol. The smallest absolute Gasteiger partial charge is 0.129 e. The number of aryl methyl sites for hydroxylation is 1. The number of fused-ring (bicyclic) bond motifs is 1. The molecule has 1 unspecified atom stereocenters. The van der Waals surface area contributed by atoms with Gasteiger partial charge in [-0.2, -0.15) is 0 Å². The summed E-state index contributed by atoms with van der Waals surface area (Å²) in [5.74, 6) is 1.05. The van der Waals surface area contributed by atoms with Crippen molar-refractivity contribution < 1.29 is 0 Å². The highest BCUT2D eigenvalue weighted by Gasteiger charge is 2.28. The van der Waals surface area contributed by atoms with Crippen LogP contribution in [0, 0.1) is 0 Å². The number of aromatic nitrogens is 1. The van der Waals surface area contributed by atoms with Gasteiger partial charge in [-0.3, -0.25) is 0 Å². The topological polar surface area (TPSA) is 19.4 Å². The van der Waals surface area contributed by atoms with E-state index in [2.05, 4.69) is 53.1 Å². The van der Waals surface area contributed by atoms with Crippen LogP contribution in [0.3, 0.4) is 0 Å². The molecule has 1 atom stereocenters. The summed E-state index contributed by atoms with van der Waals surface area (Å²) < 4.78 is 0. The zero-order chi connectivity index (χ0) is 15.5. The van der Waals surface area contributed by atoms with Crippen LogP contribution < -0.4 is 4.90 Å². The van der Waals surface area contributed by atoms with Crippen LogP contribution in [0.4, 0.5) is 5.82 Å². The van der Waals surface area contributed by atoms with Crippen molar-refractivity contribution in [2.75, 3.05) is 32.1 Å². The Morgan fingerprint density at radius 1 is 1.17 bits per heavy atom. The summed E-state index contributed by atoms with van der Waals surface area (Å²) in [6.07, 6.45) is 4.08. The van der Waals surface area contributed by atoms with Crippen LogP contribution in [0.1, 0.15) is 23.6 Å². The second-order valence-corrected chi connectivity index (χ2v) is 6.52. The molecule has 0 saturated heterocycles. The van der Waals surface area contributed by atoms with Crippen LogP contribution in [0.2, 0.25) is 5.02 Å². The molecule has 0 saturated carbocycles. The highest BCUT2D eigenvalue weighted by molar-refractivity contribution is 6.30. The maximum atomic E-state index is 6.14. The SMILES string of the molecule is CN(C)CCN(c1ccccn1)C1CCc2cc(Cl)ccc21.Cl. The first kappa shape index (κ1) is 18.1. The maximum absolute atomic E-state index is 6.14. The van der Waals surface area contributed by atoms with Gasteiger partial charge in [0.2, 0.25) is 0 Å². The van der Waals surface area contributed by atoms with Crippen LogP contribution in [0.5, 0.6) is 0 Å². The summed E-state index contributed by atoms with van der Waals surface area (Å²) in [6, 6.07) is 12.8. The maximum Gasteiger partial charge on any atom is 0.129 e. The third kappa shape index (κ3) is 4.17. The molecule has 3 nitrogen and oxygen atoms in total. The van der Waals surface area contributed by atoms with Crippen molar-refractivity contribution >= 4 is 29.8 Å². The van der Waals surface area contributed by atoms with E-state index >= 15 is 0 Å². The molecule has 1 aliphatic carbocycles. The fraction of sp³-hybridized carbons (Fsp3) is 0.389. The van der Waals surface area contributed by atoms with E-state index in [-0.39, 0.29) is 12.4 Å². The van der Waals surface area contributed by atoms with Gasteiger partial charge in [0.1, 0.15) is 5.82 Å². The minimum atomic E-state index is 0. The van der Waals surface area contributed by atoms with Gasteiger partial charge in [0, 0.05) is 24.3 Å². The van der Waals surface area contributed by atoms with Gasteiger partial charge in [0.05, 0.1) is 6.04 Å². The minimum Gasteiger partial charge on any atom is -0.348 e. The molecule has 0 fully saturated rings. The molecule has 0 aliphatic heterocycles. The molecule has 1 aliphatic rings. The monoisotopic (exact) mass is 351 g/mol. The van der Waals surface area contributed by atoms with E-state index in [1.54, 1.807) is 0 Å². The predicted molar refractivity (Wildman–Crippen MR) is 99.9 cm³/mol. The van der Waals surface area contributed by atoms with Crippen LogP contribution in [-0.2, 0) is 6.42 Å². The second-order valence-electron chi connectivity index (χ2n) is 6.08. The molecule has 5 heteroatoms. The number of pyridine rings is 1. The van der Waals surface area contributed by atoms with Crippen LogP contribution in [-0.4, -0.2) is 37.1 Å². The van der Waals surface area contributed by atoms with Crippen molar-refractivity contribution in [1.82, 2.24) is 9.88 Å². The number of rotatable bonds is 5. The standard InChI is InChI=1S/C18H22ClN3.ClH/c1-21(2)11-12-22(18-5-3-4-10-20-18)17-9-6-14-13-15(19)7-8-16(14)17;/h3-5,7-8,10,13,17H,6,9,11-12H2,1-2H3;1H. The average Bonchev–Trinajstić information content (AvgIpc) is 2.91. The van der Waals surface area contributed by atoms with Crippen molar-refractivity contribution in [1.29, 1.82) is 0 Å². The summed E-state index contributed by atoms with van der Waals surface area (Å²) in [4.78, 5) is 9.22.